The number of rotatable bonds is 4. The average Bonchev–Trinajstić information content (AvgIpc) is 3.21. The first-order chi connectivity index (χ1) is 13.2. The molecule has 0 spiro atoms. The van der Waals surface area contributed by atoms with Crippen LogP contribution in [-0.2, 0) is 0 Å². The van der Waals surface area contributed by atoms with E-state index in [1.165, 1.54) is 0 Å². The van der Waals surface area contributed by atoms with E-state index in [0.29, 0.717) is 22.4 Å². The standard InChI is InChI=1S/C21H14ClN3O2/c22-16-7-3-14(4-8-16)19-12-20(15-5-9-17(26)10-6-15)25-21(24-19)23-13-18-2-1-11-27-18/h1-13,26H/b23-13+. The average molecular weight is 376 g/mol. The molecule has 132 valence electrons. The van der Waals surface area contributed by atoms with E-state index in [1.807, 2.05) is 30.3 Å². The van der Waals surface area contributed by atoms with Crippen molar-refractivity contribution in [2.75, 3.05) is 0 Å². The van der Waals surface area contributed by atoms with Crippen molar-refractivity contribution in [1.82, 2.24) is 9.97 Å². The van der Waals surface area contributed by atoms with Gasteiger partial charge in [0.25, 0.3) is 5.95 Å². The van der Waals surface area contributed by atoms with Gasteiger partial charge in [-0.15, -0.1) is 0 Å². The summed E-state index contributed by atoms with van der Waals surface area (Å²) in [5.41, 5.74) is 3.16. The fourth-order valence-electron chi connectivity index (χ4n) is 2.53. The normalized spacial score (nSPS) is 11.1. The molecule has 1 N–H and O–H groups in total. The number of nitrogens with zero attached hydrogens (tertiary/aromatic N) is 3. The molecule has 4 aromatic rings. The molecule has 2 heterocycles. The SMILES string of the molecule is Oc1ccc(-c2cc(-c3ccc(Cl)cc3)nc(/N=C/c3ccco3)n2)cc1. The van der Waals surface area contributed by atoms with Crippen LogP contribution in [0.5, 0.6) is 5.75 Å². The van der Waals surface area contributed by atoms with Crippen molar-refractivity contribution < 1.29 is 9.52 Å². The Labute approximate surface area is 160 Å². The van der Waals surface area contributed by atoms with Crippen LogP contribution >= 0.6 is 11.6 Å². The molecule has 0 radical (unpaired) electrons. The summed E-state index contributed by atoms with van der Waals surface area (Å²) in [6, 6.07) is 19.7. The van der Waals surface area contributed by atoms with Crippen LogP contribution in [0.15, 0.2) is 82.4 Å². The van der Waals surface area contributed by atoms with Gasteiger partial charge < -0.3 is 9.52 Å². The number of hydrogen-bond donors (Lipinski definition) is 1. The predicted molar refractivity (Wildman–Crippen MR) is 106 cm³/mol. The van der Waals surface area contributed by atoms with Gasteiger partial charge in [0.2, 0.25) is 0 Å². The molecule has 5 nitrogen and oxygen atoms in total. The first kappa shape index (κ1) is 17.0. The van der Waals surface area contributed by atoms with Crippen molar-refractivity contribution in [3.63, 3.8) is 0 Å². The number of hydrogen-bond acceptors (Lipinski definition) is 5. The van der Waals surface area contributed by atoms with E-state index in [2.05, 4.69) is 15.0 Å². The zero-order valence-electron chi connectivity index (χ0n) is 14.1. The van der Waals surface area contributed by atoms with Gasteiger partial charge in [-0.2, -0.15) is 0 Å². The van der Waals surface area contributed by atoms with Crippen molar-refractivity contribution in [3.8, 4) is 28.3 Å². The molecule has 6 heteroatoms. The summed E-state index contributed by atoms with van der Waals surface area (Å²) in [5, 5.41) is 10.2. The zero-order valence-corrected chi connectivity index (χ0v) is 14.8. The van der Waals surface area contributed by atoms with Gasteiger partial charge in [0, 0.05) is 16.1 Å². The molecular weight excluding hydrogens is 362 g/mol. The highest BCUT2D eigenvalue weighted by Crippen LogP contribution is 2.27. The maximum absolute atomic E-state index is 9.53. The summed E-state index contributed by atoms with van der Waals surface area (Å²) in [6.07, 6.45) is 3.15. The zero-order chi connectivity index (χ0) is 18.6. The van der Waals surface area contributed by atoms with E-state index in [0.717, 1.165) is 16.8 Å². The Balaban J connectivity index is 1.80. The molecule has 4 rings (SSSR count). The number of aliphatic imine (C=N–C) groups is 1. The lowest BCUT2D eigenvalue weighted by Gasteiger charge is -2.07. The van der Waals surface area contributed by atoms with Gasteiger partial charge in [0.05, 0.1) is 23.9 Å². The monoisotopic (exact) mass is 375 g/mol. The third kappa shape index (κ3) is 4.04. The van der Waals surface area contributed by atoms with Crippen molar-refractivity contribution >= 4 is 23.8 Å². The van der Waals surface area contributed by atoms with Crippen LogP contribution in [0.25, 0.3) is 22.5 Å². The molecule has 0 aliphatic heterocycles. The molecule has 2 aromatic heterocycles. The van der Waals surface area contributed by atoms with Gasteiger partial charge in [0.1, 0.15) is 11.5 Å². The van der Waals surface area contributed by atoms with E-state index in [9.17, 15) is 5.11 Å². The number of halogens is 1. The number of phenols is 1. The molecule has 0 atom stereocenters. The summed E-state index contributed by atoms with van der Waals surface area (Å²) in [4.78, 5) is 13.4. The molecule has 0 unspecified atom stereocenters. The quantitative estimate of drug-likeness (QED) is 0.477. The van der Waals surface area contributed by atoms with Crippen LogP contribution in [0.1, 0.15) is 5.76 Å². The topological polar surface area (TPSA) is 71.5 Å². The van der Waals surface area contributed by atoms with Gasteiger partial charge in [-0.25, -0.2) is 15.0 Å². The number of furan rings is 1. The lowest BCUT2D eigenvalue weighted by Crippen LogP contribution is -1.92. The Morgan fingerprint density at radius 3 is 2.11 bits per heavy atom. The summed E-state index contributed by atoms with van der Waals surface area (Å²) in [5.74, 6) is 1.12. The van der Waals surface area contributed by atoms with Crippen LogP contribution in [0.2, 0.25) is 5.02 Å². The number of aromatic nitrogens is 2. The van der Waals surface area contributed by atoms with E-state index in [1.54, 1.807) is 48.9 Å². The first-order valence-corrected chi connectivity index (χ1v) is 8.57. The largest absolute Gasteiger partial charge is 0.508 e. The van der Waals surface area contributed by atoms with E-state index < -0.39 is 0 Å². The number of benzene rings is 2. The molecule has 2 aromatic carbocycles. The highest BCUT2D eigenvalue weighted by atomic mass is 35.5. The summed E-state index contributed by atoms with van der Waals surface area (Å²) in [7, 11) is 0. The van der Waals surface area contributed by atoms with Crippen LogP contribution in [-0.4, -0.2) is 21.3 Å². The highest BCUT2D eigenvalue weighted by Gasteiger charge is 2.09. The molecule has 0 amide bonds. The maximum Gasteiger partial charge on any atom is 0.250 e. The lowest BCUT2D eigenvalue weighted by atomic mass is 10.1. The second-order valence-corrected chi connectivity index (χ2v) is 6.20. The summed E-state index contributed by atoms with van der Waals surface area (Å²) in [6.45, 7) is 0. The molecule has 0 bridgehead atoms. The predicted octanol–water partition coefficient (Wildman–Crippen LogP) is 5.51. The minimum atomic E-state index is 0.196. The minimum Gasteiger partial charge on any atom is -0.508 e. The Hall–Kier alpha value is -3.44. The molecular formula is C21H14ClN3O2. The van der Waals surface area contributed by atoms with Gasteiger partial charge in [0.15, 0.2) is 0 Å². The van der Waals surface area contributed by atoms with Crippen molar-refractivity contribution in [1.29, 1.82) is 0 Å². The molecule has 0 fully saturated rings. The first-order valence-electron chi connectivity index (χ1n) is 8.19. The van der Waals surface area contributed by atoms with Crippen LogP contribution < -0.4 is 0 Å². The van der Waals surface area contributed by atoms with Crippen molar-refractivity contribution in [3.05, 3.63) is 83.8 Å². The fraction of sp³-hybridized carbons (Fsp3) is 0. The van der Waals surface area contributed by atoms with E-state index >= 15 is 0 Å². The van der Waals surface area contributed by atoms with Crippen LogP contribution in [0, 0.1) is 0 Å². The molecule has 0 saturated heterocycles. The third-order valence-electron chi connectivity index (χ3n) is 3.87. The summed E-state index contributed by atoms with van der Waals surface area (Å²) < 4.78 is 5.26. The van der Waals surface area contributed by atoms with Crippen LogP contribution in [0.4, 0.5) is 5.95 Å². The molecule has 0 saturated carbocycles. The van der Waals surface area contributed by atoms with Crippen molar-refractivity contribution in [2.45, 2.75) is 0 Å². The van der Waals surface area contributed by atoms with Gasteiger partial charge in [-0.3, -0.25) is 0 Å². The second kappa shape index (κ2) is 7.43. The minimum absolute atomic E-state index is 0.196. The smallest absolute Gasteiger partial charge is 0.250 e. The third-order valence-corrected chi connectivity index (χ3v) is 4.12. The Morgan fingerprint density at radius 2 is 1.52 bits per heavy atom. The Morgan fingerprint density at radius 1 is 0.889 bits per heavy atom. The maximum atomic E-state index is 9.53. The van der Waals surface area contributed by atoms with E-state index in [-0.39, 0.29) is 5.75 Å². The van der Waals surface area contributed by atoms with Gasteiger partial charge in [-0.05, 0) is 54.6 Å². The second-order valence-electron chi connectivity index (χ2n) is 5.77. The fourth-order valence-corrected chi connectivity index (χ4v) is 2.65. The Bertz CT molecular complexity index is 1010. The van der Waals surface area contributed by atoms with Crippen LogP contribution in [0.3, 0.4) is 0 Å². The molecule has 0 aliphatic rings. The van der Waals surface area contributed by atoms with Crippen molar-refractivity contribution in [2.24, 2.45) is 4.99 Å². The van der Waals surface area contributed by atoms with Gasteiger partial charge in [-0.1, -0.05) is 23.7 Å². The summed E-state index contributed by atoms with van der Waals surface area (Å²) >= 11 is 5.99. The highest BCUT2D eigenvalue weighted by molar-refractivity contribution is 6.30. The molecule has 27 heavy (non-hydrogen) atoms. The number of aromatic hydroxyl groups is 1. The molecule has 0 aliphatic carbocycles. The lowest BCUT2D eigenvalue weighted by molar-refractivity contribution is 0.475. The Kier molecular flexibility index (Phi) is 4.68. The van der Waals surface area contributed by atoms with E-state index in [4.69, 9.17) is 16.0 Å². The van der Waals surface area contributed by atoms with Gasteiger partial charge >= 0.3 is 0 Å². The number of phenolic OH excluding ortho intramolecular Hbond substituents is 1.